The van der Waals surface area contributed by atoms with Crippen molar-refractivity contribution in [2.45, 2.75) is 25.0 Å². The summed E-state index contributed by atoms with van der Waals surface area (Å²) in [7, 11) is 0. The third-order valence-corrected chi connectivity index (χ3v) is 1.14. The molecule has 10 heavy (non-hydrogen) atoms. The van der Waals surface area contributed by atoms with Crippen molar-refractivity contribution in [3.05, 3.63) is 12.7 Å². The summed E-state index contributed by atoms with van der Waals surface area (Å²) >= 11 is 0. The summed E-state index contributed by atoms with van der Waals surface area (Å²) < 4.78 is 0. The van der Waals surface area contributed by atoms with Gasteiger partial charge in [-0.15, -0.1) is 18.9 Å². The van der Waals surface area contributed by atoms with Crippen LogP contribution in [0.15, 0.2) is 12.7 Å². The summed E-state index contributed by atoms with van der Waals surface area (Å²) in [4.78, 5) is 0. The van der Waals surface area contributed by atoms with Crippen LogP contribution in [-0.4, -0.2) is 22.4 Å². The Morgan fingerprint density at radius 1 is 1.60 bits per heavy atom. The van der Waals surface area contributed by atoms with Gasteiger partial charge in [0.05, 0.1) is 12.2 Å². The normalized spacial score (nSPS) is 15.3. The second-order valence-electron chi connectivity index (χ2n) is 2.10. The molecule has 0 amide bonds. The van der Waals surface area contributed by atoms with Crippen LogP contribution in [0.2, 0.25) is 0 Å². The number of aliphatic hydroxyl groups is 2. The molecular formula is C8H12O2. The molecule has 0 heterocycles. The Bertz CT molecular complexity index is 135. The molecule has 0 radical (unpaired) electrons. The maximum absolute atomic E-state index is 9.00. The van der Waals surface area contributed by atoms with Gasteiger partial charge < -0.3 is 10.2 Å². The molecule has 0 spiro atoms. The van der Waals surface area contributed by atoms with Gasteiger partial charge in [0.1, 0.15) is 0 Å². The molecule has 0 unspecified atom stereocenters. The maximum atomic E-state index is 9.00. The minimum absolute atomic E-state index is 0.272. The third kappa shape index (κ3) is 4.13. The van der Waals surface area contributed by atoms with Crippen LogP contribution in [0.4, 0.5) is 0 Å². The molecule has 0 aliphatic heterocycles. The van der Waals surface area contributed by atoms with Crippen LogP contribution >= 0.6 is 0 Å². The average molecular weight is 140 g/mol. The van der Waals surface area contributed by atoms with Gasteiger partial charge in [-0.1, -0.05) is 6.08 Å². The molecule has 2 atom stereocenters. The van der Waals surface area contributed by atoms with Gasteiger partial charge in [0.25, 0.3) is 0 Å². The van der Waals surface area contributed by atoms with E-state index in [2.05, 4.69) is 12.5 Å². The predicted molar refractivity (Wildman–Crippen MR) is 40.3 cm³/mol. The van der Waals surface area contributed by atoms with E-state index in [1.807, 2.05) is 0 Å². The molecule has 2 nitrogen and oxygen atoms in total. The van der Waals surface area contributed by atoms with Crippen molar-refractivity contribution in [3.63, 3.8) is 0 Å². The van der Waals surface area contributed by atoms with Crippen molar-refractivity contribution in [1.82, 2.24) is 0 Å². The zero-order valence-corrected chi connectivity index (χ0v) is 5.83. The molecular weight excluding hydrogens is 128 g/mol. The van der Waals surface area contributed by atoms with E-state index in [1.165, 1.54) is 6.08 Å². The van der Waals surface area contributed by atoms with Crippen molar-refractivity contribution in [2.24, 2.45) is 0 Å². The molecule has 0 aromatic heterocycles. The summed E-state index contributed by atoms with van der Waals surface area (Å²) in [6, 6.07) is 0. The summed E-state index contributed by atoms with van der Waals surface area (Å²) in [6.07, 6.45) is 5.60. The van der Waals surface area contributed by atoms with Crippen LogP contribution in [0.25, 0.3) is 0 Å². The van der Waals surface area contributed by atoms with Crippen LogP contribution in [0.3, 0.4) is 0 Å². The lowest BCUT2D eigenvalue weighted by Crippen LogP contribution is -2.14. The Labute approximate surface area is 61.2 Å². The lowest BCUT2D eigenvalue weighted by atomic mass is 10.1. The van der Waals surface area contributed by atoms with Gasteiger partial charge in [0, 0.05) is 12.8 Å². The zero-order valence-electron chi connectivity index (χ0n) is 5.83. The Hall–Kier alpha value is -0.780. The number of terminal acetylenes is 1. The van der Waals surface area contributed by atoms with E-state index in [9.17, 15) is 0 Å². The first kappa shape index (κ1) is 9.22. The fourth-order valence-corrected chi connectivity index (χ4v) is 0.594. The molecule has 2 heteroatoms. The van der Waals surface area contributed by atoms with Gasteiger partial charge in [-0.3, -0.25) is 0 Å². The Morgan fingerprint density at radius 3 is 2.60 bits per heavy atom. The largest absolute Gasteiger partial charge is 0.392 e. The van der Waals surface area contributed by atoms with Gasteiger partial charge in [0.2, 0.25) is 0 Å². The van der Waals surface area contributed by atoms with E-state index in [1.54, 1.807) is 0 Å². The van der Waals surface area contributed by atoms with E-state index in [0.717, 1.165) is 0 Å². The Balaban J connectivity index is 3.48. The quantitative estimate of drug-likeness (QED) is 0.436. The summed E-state index contributed by atoms with van der Waals surface area (Å²) in [5, 5.41) is 17.9. The standard InChI is InChI=1S/C8H12O2/c1-3-5-8(10)6-7(9)4-2/h1,4,7-10H,2,5-6H2/t7-,8-/m1/s1. The predicted octanol–water partition coefficient (Wildman–Crippen LogP) is 0.308. The Kier molecular flexibility index (Phi) is 4.65. The van der Waals surface area contributed by atoms with Crippen LogP contribution in [0.5, 0.6) is 0 Å². The van der Waals surface area contributed by atoms with Gasteiger partial charge in [-0.25, -0.2) is 0 Å². The molecule has 0 aromatic carbocycles. The van der Waals surface area contributed by atoms with Crippen molar-refractivity contribution in [2.75, 3.05) is 0 Å². The highest BCUT2D eigenvalue weighted by Gasteiger charge is 2.06. The van der Waals surface area contributed by atoms with E-state index >= 15 is 0 Å². The minimum atomic E-state index is -0.650. The van der Waals surface area contributed by atoms with Crippen LogP contribution in [0, 0.1) is 12.3 Å². The number of hydrogen-bond acceptors (Lipinski definition) is 2. The van der Waals surface area contributed by atoms with Crippen LogP contribution in [0.1, 0.15) is 12.8 Å². The highest BCUT2D eigenvalue weighted by atomic mass is 16.3. The van der Waals surface area contributed by atoms with E-state index < -0.39 is 12.2 Å². The van der Waals surface area contributed by atoms with E-state index in [-0.39, 0.29) is 12.8 Å². The molecule has 0 aromatic rings. The molecule has 0 aliphatic rings. The van der Waals surface area contributed by atoms with Crippen molar-refractivity contribution < 1.29 is 10.2 Å². The van der Waals surface area contributed by atoms with Crippen LogP contribution < -0.4 is 0 Å². The SMILES string of the molecule is C#CC[C@@H](O)C[C@H](O)C=C. The van der Waals surface area contributed by atoms with Crippen molar-refractivity contribution in [3.8, 4) is 12.3 Å². The smallest absolute Gasteiger partial charge is 0.0743 e. The van der Waals surface area contributed by atoms with Gasteiger partial charge in [0.15, 0.2) is 0 Å². The minimum Gasteiger partial charge on any atom is -0.392 e. The van der Waals surface area contributed by atoms with Crippen molar-refractivity contribution in [1.29, 1.82) is 0 Å². The van der Waals surface area contributed by atoms with E-state index in [0.29, 0.717) is 0 Å². The highest BCUT2D eigenvalue weighted by Crippen LogP contribution is 2.01. The number of hydrogen-bond donors (Lipinski definition) is 2. The Morgan fingerprint density at radius 2 is 2.20 bits per heavy atom. The average Bonchev–Trinajstić information content (AvgIpc) is 1.88. The molecule has 0 aliphatic carbocycles. The maximum Gasteiger partial charge on any atom is 0.0743 e. The summed E-state index contributed by atoms with van der Waals surface area (Å²) in [5.41, 5.74) is 0. The molecule has 0 fully saturated rings. The van der Waals surface area contributed by atoms with Gasteiger partial charge in [-0.05, 0) is 0 Å². The number of aliphatic hydroxyl groups excluding tert-OH is 2. The van der Waals surface area contributed by atoms with Crippen molar-refractivity contribution >= 4 is 0 Å². The molecule has 56 valence electrons. The first-order chi connectivity index (χ1) is 4.70. The molecule has 2 N–H and O–H groups in total. The first-order valence-electron chi connectivity index (χ1n) is 3.12. The lowest BCUT2D eigenvalue weighted by Gasteiger charge is -2.08. The number of rotatable bonds is 4. The topological polar surface area (TPSA) is 40.5 Å². The zero-order chi connectivity index (χ0) is 7.98. The highest BCUT2D eigenvalue weighted by molar-refractivity contribution is 4.89. The first-order valence-corrected chi connectivity index (χ1v) is 3.12. The van der Waals surface area contributed by atoms with Gasteiger partial charge in [-0.2, -0.15) is 0 Å². The second kappa shape index (κ2) is 5.04. The monoisotopic (exact) mass is 140 g/mol. The fourth-order valence-electron chi connectivity index (χ4n) is 0.594. The van der Waals surface area contributed by atoms with E-state index in [4.69, 9.17) is 16.6 Å². The molecule has 0 saturated carbocycles. The lowest BCUT2D eigenvalue weighted by molar-refractivity contribution is 0.108. The summed E-state index contributed by atoms with van der Waals surface area (Å²) in [6.45, 7) is 3.36. The fraction of sp³-hybridized carbons (Fsp3) is 0.500. The van der Waals surface area contributed by atoms with Gasteiger partial charge >= 0.3 is 0 Å². The third-order valence-electron chi connectivity index (χ3n) is 1.14. The summed E-state index contributed by atoms with van der Waals surface area (Å²) in [5.74, 6) is 2.30. The molecule has 0 saturated heterocycles. The molecule has 0 rings (SSSR count). The second-order valence-corrected chi connectivity index (χ2v) is 2.10. The van der Waals surface area contributed by atoms with Crippen LogP contribution in [-0.2, 0) is 0 Å². The molecule has 0 bridgehead atoms.